The Bertz CT molecular complexity index is 361. The molecule has 0 heterocycles. The molecule has 25 heavy (non-hydrogen) atoms. The lowest BCUT2D eigenvalue weighted by molar-refractivity contribution is -0.144. The fourth-order valence-electron chi connectivity index (χ4n) is 2.04. The van der Waals surface area contributed by atoms with Crippen LogP contribution in [0.25, 0.3) is 0 Å². The predicted molar refractivity (Wildman–Crippen MR) is 105 cm³/mol. The molecule has 4 heteroatoms. The third kappa shape index (κ3) is 22.6. The summed E-state index contributed by atoms with van der Waals surface area (Å²) in [5.41, 5.74) is 0. The molecule has 0 aliphatic rings. The maximum Gasteiger partial charge on any atom is 0.302 e. The summed E-state index contributed by atoms with van der Waals surface area (Å²) >= 11 is 0. The Labute approximate surface area is 154 Å². The van der Waals surface area contributed by atoms with Crippen LogP contribution in [0.15, 0.2) is 37.0 Å². The Morgan fingerprint density at radius 3 is 2.20 bits per heavy atom. The number of aliphatic hydroxyl groups excluding tert-OH is 2. The first-order chi connectivity index (χ1) is 12.1. The molecule has 1 unspecified atom stereocenters. The predicted octanol–water partition coefficient (Wildman–Crippen LogP) is 4.72. The lowest BCUT2D eigenvalue weighted by Crippen LogP contribution is -2.22. The molecule has 0 saturated heterocycles. The summed E-state index contributed by atoms with van der Waals surface area (Å²) in [6.07, 6.45) is 16.3. The van der Waals surface area contributed by atoms with Crippen LogP contribution in [0.4, 0.5) is 0 Å². The molecule has 0 rings (SSSR count). The Morgan fingerprint density at radius 2 is 1.60 bits per heavy atom. The van der Waals surface area contributed by atoms with Crippen molar-refractivity contribution in [1.82, 2.24) is 0 Å². The largest absolute Gasteiger partial charge is 0.463 e. The summed E-state index contributed by atoms with van der Waals surface area (Å²) in [6.45, 7) is 8.91. The molecule has 4 nitrogen and oxygen atoms in total. The number of carbonyl (C=O) groups is 1. The first kappa shape index (κ1) is 25.8. The van der Waals surface area contributed by atoms with Gasteiger partial charge in [0.15, 0.2) is 0 Å². The normalized spacial score (nSPS) is 13.3. The highest BCUT2D eigenvalue weighted by molar-refractivity contribution is 5.65. The summed E-state index contributed by atoms with van der Waals surface area (Å²) in [5, 5.41) is 19.3. The van der Waals surface area contributed by atoms with Gasteiger partial charge in [-0.3, -0.25) is 4.79 Å². The zero-order valence-electron chi connectivity index (χ0n) is 16.3. The quantitative estimate of drug-likeness (QED) is 0.269. The summed E-state index contributed by atoms with van der Waals surface area (Å²) in [7, 11) is 0. The molecule has 0 aromatic carbocycles. The van der Waals surface area contributed by atoms with Gasteiger partial charge in [-0.1, -0.05) is 50.6 Å². The first-order valence-electron chi connectivity index (χ1n) is 9.48. The Morgan fingerprint density at radius 1 is 1.00 bits per heavy atom. The van der Waals surface area contributed by atoms with Crippen LogP contribution in [0.3, 0.4) is 0 Å². The van der Waals surface area contributed by atoms with Gasteiger partial charge in [0.05, 0.1) is 12.2 Å². The van der Waals surface area contributed by atoms with Crippen molar-refractivity contribution in [3.63, 3.8) is 0 Å². The summed E-state index contributed by atoms with van der Waals surface area (Å²) in [6, 6.07) is 0. The minimum atomic E-state index is -0.827. The van der Waals surface area contributed by atoms with Crippen molar-refractivity contribution < 1.29 is 19.7 Å². The minimum absolute atomic E-state index is 0.0689. The molecule has 2 atom stereocenters. The van der Waals surface area contributed by atoms with Crippen LogP contribution in [-0.2, 0) is 9.53 Å². The van der Waals surface area contributed by atoms with E-state index in [9.17, 15) is 15.0 Å². The third-order valence-electron chi connectivity index (χ3n) is 3.30. The van der Waals surface area contributed by atoms with E-state index in [-0.39, 0.29) is 13.0 Å². The molecule has 2 N–H and O–H groups in total. The van der Waals surface area contributed by atoms with Gasteiger partial charge in [-0.15, -0.1) is 6.58 Å². The zero-order chi connectivity index (χ0) is 19.3. The van der Waals surface area contributed by atoms with Gasteiger partial charge in [0, 0.05) is 13.3 Å². The van der Waals surface area contributed by atoms with Gasteiger partial charge in [0.25, 0.3) is 0 Å². The monoisotopic (exact) mass is 354 g/mol. The second kappa shape index (κ2) is 20.7. The number of hydrogen-bond acceptors (Lipinski definition) is 4. The second-order valence-corrected chi connectivity index (χ2v) is 5.66. The average Bonchev–Trinajstić information content (AvgIpc) is 2.59. The van der Waals surface area contributed by atoms with Crippen molar-refractivity contribution in [3.8, 4) is 0 Å². The fourth-order valence-corrected chi connectivity index (χ4v) is 2.04. The van der Waals surface area contributed by atoms with Crippen molar-refractivity contribution in [2.24, 2.45) is 0 Å². The highest BCUT2D eigenvalue weighted by Crippen LogP contribution is 2.07. The molecule has 146 valence electrons. The van der Waals surface area contributed by atoms with Crippen LogP contribution in [0.2, 0.25) is 0 Å². The molecule has 0 saturated carbocycles. The van der Waals surface area contributed by atoms with E-state index >= 15 is 0 Å². The van der Waals surface area contributed by atoms with E-state index in [1.807, 2.05) is 26.0 Å². The van der Waals surface area contributed by atoms with E-state index in [0.717, 1.165) is 32.1 Å². The maximum absolute atomic E-state index is 10.6. The van der Waals surface area contributed by atoms with E-state index in [1.54, 1.807) is 6.08 Å². The van der Waals surface area contributed by atoms with E-state index in [4.69, 9.17) is 0 Å². The fraction of sp³-hybridized carbons (Fsp3) is 0.667. The number of esters is 1. The standard InChI is InChI=1S/C19H32O4.C2H6/c1-3-4-5-6-7-8-9-10-11-12-13-14-18(21)15-19(22)16-23-17(2)20;1-2/h3,6-7,13-14,18-19,21-22H,1,4-5,8-12,15-16H2,2H3;1-2H3/t18-,19?;/m0./s1. The summed E-state index contributed by atoms with van der Waals surface area (Å²) in [5.74, 6) is -0.426. The van der Waals surface area contributed by atoms with Crippen molar-refractivity contribution in [2.45, 2.75) is 84.3 Å². The molecule has 0 aliphatic carbocycles. The number of allylic oxidation sites excluding steroid dienone is 4. The average molecular weight is 355 g/mol. The van der Waals surface area contributed by atoms with Crippen LogP contribution in [0, 0.1) is 0 Å². The van der Waals surface area contributed by atoms with Gasteiger partial charge in [-0.25, -0.2) is 0 Å². The topological polar surface area (TPSA) is 66.8 Å². The SMILES string of the molecule is C=CCCC=CCCCCCC=C[C@H](O)CC(O)COC(C)=O.CC. The number of ether oxygens (including phenoxy) is 1. The van der Waals surface area contributed by atoms with Crippen molar-refractivity contribution in [1.29, 1.82) is 0 Å². The van der Waals surface area contributed by atoms with Gasteiger partial charge in [0.2, 0.25) is 0 Å². The molecular formula is C21H38O4. The third-order valence-corrected chi connectivity index (χ3v) is 3.30. The molecule has 0 aliphatic heterocycles. The van der Waals surface area contributed by atoms with Gasteiger partial charge in [-0.2, -0.15) is 0 Å². The van der Waals surface area contributed by atoms with Crippen molar-refractivity contribution in [2.75, 3.05) is 6.61 Å². The second-order valence-electron chi connectivity index (χ2n) is 5.66. The Hall–Kier alpha value is -1.39. The highest BCUT2D eigenvalue weighted by Gasteiger charge is 2.10. The lowest BCUT2D eigenvalue weighted by Gasteiger charge is -2.12. The van der Waals surface area contributed by atoms with Gasteiger partial charge < -0.3 is 14.9 Å². The smallest absolute Gasteiger partial charge is 0.302 e. The summed E-state index contributed by atoms with van der Waals surface area (Å²) < 4.78 is 4.68. The molecule has 0 spiro atoms. The van der Waals surface area contributed by atoms with Gasteiger partial charge in [-0.05, 0) is 38.5 Å². The number of aliphatic hydroxyl groups is 2. The molecular weight excluding hydrogens is 316 g/mol. The van der Waals surface area contributed by atoms with E-state index < -0.39 is 18.2 Å². The number of unbranched alkanes of at least 4 members (excludes halogenated alkanes) is 5. The molecule has 0 aromatic rings. The molecule has 0 bridgehead atoms. The van der Waals surface area contributed by atoms with Crippen LogP contribution in [-0.4, -0.2) is 35.0 Å². The molecule has 0 radical (unpaired) electrons. The molecule has 0 aromatic heterocycles. The van der Waals surface area contributed by atoms with Gasteiger partial charge >= 0.3 is 5.97 Å². The Kier molecular flexibility index (Phi) is 21.4. The zero-order valence-corrected chi connectivity index (χ0v) is 16.3. The van der Waals surface area contributed by atoms with Crippen LogP contribution < -0.4 is 0 Å². The van der Waals surface area contributed by atoms with Crippen LogP contribution in [0.5, 0.6) is 0 Å². The number of rotatable bonds is 14. The summed E-state index contributed by atoms with van der Waals surface area (Å²) in [4.78, 5) is 10.6. The number of carbonyl (C=O) groups excluding carboxylic acids is 1. The Balaban J connectivity index is 0. The van der Waals surface area contributed by atoms with Crippen molar-refractivity contribution >= 4 is 5.97 Å². The molecule has 0 amide bonds. The lowest BCUT2D eigenvalue weighted by atomic mass is 10.1. The van der Waals surface area contributed by atoms with E-state index in [2.05, 4.69) is 23.5 Å². The first-order valence-corrected chi connectivity index (χ1v) is 9.48. The minimum Gasteiger partial charge on any atom is -0.463 e. The molecule has 0 fully saturated rings. The van der Waals surface area contributed by atoms with E-state index in [0.29, 0.717) is 0 Å². The van der Waals surface area contributed by atoms with Crippen LogP contribution in [0.1, 0.15) is 72.1 Å². The van der Waals surface area contributed by atoms with Crippen molar-refractivity contribution in [3.05, 3.63) is 37.0 Å². The highest BCUT2D eigenvalue weighted by atomic mass is 16.5. The maximum atomic E-state index is 10.6. The van der Waals surface area contributed by atoms with E-state index in [1.165, 1.54) is 19.8 Å². The van der Waals surface area contributed by atoms with Crippen LogP contribution >= 0.6 is 0 Å². The van der Waals surface area contributed by atoms with Gasteiger partial charge in [0.1, 0.15) is 6.61 Å². The number of hydrogen-bond donors (Lipinski definition) is 2.